The first-order valence-electron chi connectivity index (χ1n) is 6.33. The predicted molar refractivity (Wildman–Crippen MR) is 64.5 cm³/mol. The van der Waals surface area contributed by atoms with Gasteiger partial charge in [-0.3, -0.25) is 9.48 Å². The van der Waals surface area contributed by atoms with Gasteiger partial charge >= 0.3 is 0 Å². The molecule has 92 valence electrons. The maximum Gasteiger partial charge on any atom is 0.274 e. The summed E-state index contributed by atoms with van der Waals surface area (Å²) in [5.41, 5.74) is 6.92. The lowest BCUT2D eigenvalue weighted by atomic mass is 10.1. The van der Waals surface area contributed by atoms with Gasteiger partial charge in [-0.05, 0) is 32.1 Å². The molecule has 1 aromatic rings. The number of hydrogen-bond donors (Lipinski definition) is 1. The van der Waals surface area contributed by atoms with E-state index in [1.165, 1.54) is 12.8 Å². The van der Waals surface area contributed by atoms with Crippen LogP contribution in [0.4, 0.5) is 5.69 Å². The number of nitrogen functional groups attached to an aromatic ring is 1. The molecule has 1 saturated carbocycles. The van der Waals surface area contributed by atoms with Gasteiger partial charge in [0, 0.05) is 19.1 Å². The number of nitrogens with two attached hydrogens (primary N) is 1. The van der Waals surface area contributed by atoms with Crippen LogP contribution < -0.4 is 5.73 Å². The Labute approximate surface area is 101 Å². The molecule has 2 heterocycles. The number of likely N-dealkylation sites (tertiary alicyclic amines) is 1. The molecule has 1 saturated heterocycles. The van der Waals surface area contributed by atoms with Crippen LogP contribution in [0.1, 0.15) is 36.7 Å². The molecule has 2 atom stereocenters. The van der Waals surface area contributed by atoms with Crippen molar-refractivity contribution in [2.45, 2.75) is 38.8 Å². The van der Waals surface area contributed by atoms with E-state index in [1.807, 2.05) is 11.8 Å². The van der Waals surface area contributed by atoms with Gasteiger partial charge in [0.1, 0.15) is 5.69 Å². The fourth-order valence-electron chi connectivity index (χ4n) is 3.18. The van der Waals surface area contributed by atoms with Gasteiger partial charge in [0.15, 0.2) is 0 Å². The quantitative estimate of drug-likeness (QED) is 0.833. The Bertz CT molecular complexity index is 453. The van der Waals surface area contributed by atoms with Crippen molar-refractivity contribution in [2.75, 3.05) is 12.3 Å². The number of carbonyl (C=O) groups excluding carboxylic acids is 1. The number of aryl methyl sites for hydroxylation is 1. The Morgan fingerprint density at radius 2 is 2.41 bits per heavy atom. The zero-order valence-corrected chi connectivity index (χ0v) is 10.1. The third-order valence-corrected chi connectivity index (χ3v) is 4.04. The van der Waals surface area contributed by atoms with Crippen molar-refractivity contribution >= 4 is 11.6 Å². The molecule has 0 aromatic carbocycles. The number of rotatable bonds is 2. The van der Waals surface area contributed by atoms with Crippen molar-refractivity contribution in [3.63, 3.8) is 0 Å². The zero-order chi connectivity index (χ0) is 12.0. The molecule has 0 radical (unpaired) electrons. The first-order valence-corrected chi connectivity index (χ1v) is 6.33. The maximum absolute atomic E-state index is 12.5. The Kier molecular flexibility index (Phi) is 2.34. The summed E-state index contributed by atoms with van der Waals surface area (Å²) in [6.45, 7) is 3.55. The Morgan fingerprint density at radius 1 is 1.59 bits per heavy atom. The molecule has 2 bridgehead atoms. The lowest BCUT2D eigenvalue weighted by Gasteiger charge is -2.27. The minimum absolute atomic E-state index is 0.0639. The van der Waals surface area contributed by atoms with Crippen molar-refractivity contribution < 1.29 is 4.79 Å². The second-order valence-electron chi connectivity index (χ2n) is 5.05. The van der Waals surface area contributed by atoms with E-state index in [4.69, 9.17) is 5.73 Å². The molecule has 1 aromatic heterocycles. The fourth-order valence-corrected chi connectivity index (χ4v) is 3.18. The van der Waals surface area contributed by atoms with Crippen LogP contribution in [-0.2, 0) is 6.54 Å². The number of amides is 1. The van der Waals surface area contributed by atoms with Gasteiger partial charge in [0.25, 0.3) is 5.91 Å². The number of anilines is 1. The summed E-state index contributed by atoms with van der Waals surface area (Å²) < 4.78 is 1.70. The van der Waals surface area contributed by atoms with Crippen LogP contribution in [0.15, 0.2) is 6.20 Å². The highest BCUT2D eigenvalue weighted by Crippen LogP contribution is 2.38. The summed E-state index contributed by atoms with van der Waals surface area (Å²) in [6, 6.07) is 0.437. The van der Waals surface area contributed by atoms with E-state index in [0.717, 1.165) is 13.0 Å². The van der Waals surface area contributed by atoms with E-state index in [0.29, 0.717) is 29.9 Å². The van der Waals surface area contributed by atoms with E-state index in [-0.39, 0.29) is 5.91 Å². The third kappa shape index (κ3) is 1.52. The van der Waals surface area contributed by atoms with Gasteiger partial charge in [-0.25, -0.2) is 0 Å². The molecule has 2 N–H and O–H groups in total. The minimum Gasteiger partial charge on any atom is -0.396 e. The van der Waals surface area contributed by atoms with Gasteiger partial charge in [-0.15, -0.1) is 0 Å². The van der Waals surface area contributed by atoms with E-state index < -0.39 is 0 Å². The predicted octanol–water partition coefficient (Wildman–Crippen LogP) is 1.11. The van der Waals surface area contributed by atoms with Gasteiger partial charge in [0.2, 0.25) is 0 Å². The smallest absolute Gasteiger partial charge is 0.274 e. The Morgan fingerprint density at radius 3 is 3.00 bits per heavy atom. The standard InChI is InChI=1S/C12H18N4O/c1-2-16-11(10(13)6-14-16)12(17)15-7-8-3-4-9(15)5-8/h6,8-9H,2-5,7,13H2,1H3. The van der Waals surface area contributed by atoms with Crippen LogP contribution >= 0.6 is 0 Å². The zero-order valence-electron chi connectivity index (χ0n) is 10.1. The second kappa shape index (κ2) is 3.75. The third-order valence-electron chi connectivity index (χ3n) is 4.04. The minimum atomic E-state index is 0.0639. The Balaban J connectivity index is 1.89. The number of nitrogens with zero attached hydrogens (tertiary/aromatic N) is 3. The summed E-state index contributed by atoms with van der Waals surface area (Å²) >= 11 is 0. The molecule has 5 nitrogen and oxygen atoms in total. The fraction of sp³-hybridized carbons (Fsp3) is 0.667. The second-order valence-corrected chi connectivity index (χ2v) is 5.05. The van der Waals surface area contributed by atoms with Gasteiger partial charge in [-0.1, -0.05) is 0 Å². The van der Waals surface area contributed by atoms with Crippen LogP contribution in [0, 0.1) is 5.92 Å². The van der Waals surface area contributed by atoms with Gasteiger partial charge in [0.05, 0.1) is 11.9 Å². The summed E-state index contributed by atoms with van der Waals surface area (Å²) in [7, 11) is 0. The molecule has 1 amide bonds. The van der Waals surface area contributed by atoms with E-state index in [2.05, 4.69) is 5.10 Å². The molecule has 2 aliphatic rings. The average molecular weight is 234 g/mol. The van der Waals surface area contributed by atoms with Crippen molar-refractivity contribution in [1.29, 1.82) is 0 Å². The molecule has 17 heavy (non-hydrogen) atoms. The van der Waals surface area contributed by atoms with Crippen LogP contribution in [0.5, 0.6) is 0 Å². The normalized spacial score (nSPS) is 26.8. The van der Waals surface area contributed by atoms with E-state index in [1.54, 1.807) is 10.9 Å². The molecule has 5 heteroatoms. The number of hydrogen-bond acceptors (Lipinski definition) is 3. The van der Waals surface area contributed by atoms with Crippen LogP contribution in [-0.4, -0.2) is 33.2 Å². The molecule has 0 spiro atoms. The highest BCUT2D eigenvalue weighted by Gasteiger charge is 2.41. The molecule has 3 rings (SSSR count). The van der Waals surface area contributed by atoms with E-state index in [9.17, 15) is 4.79 Å². The van der Waals surface area contributed by atoms with Crippen molar-refractivity contribution in [3.05, 3.63) is 11.9 Å². The van der Waals surface area contributed by atoms with Crippen molar-refractivity contribution in [3.8, 4) is 0 Å². The highest BCUT2D eigenvalue weighted by atomic mass is 16.2. The summed E-state index contributed by atoms with van der Waals surface area (Å²) in [5.74, 6) is 0.775. The lowest BCUT2D eigenvalue weighted by molar-refractivity contribution is 0.0692. The molecule has 2 fully saturated rings. The van der Waals surface area contributed by atoms with Gasteiger partial charge < -0.3 is 10.6 Å². The maximum atomic E-state index is 12.5. The first kappa shape index (κ1) is 10.6. The largest absolute Gasteiger partial charge is 0.396 e. The number of aromatic nitrogens is 2. The van der Waals surface area contributed by atoms with Crippen LogP contribution in [0.3, 0.4) is 0 Å². The Hall–Kier alpha value is -1.52. The monoisotopic (exact) mass is 234 g/mol. The molecule has 1 aliphatic heterocycles. The topological polar surface area (TPSA) is 64.2 Å². The molecule has 1 aliphatic carbocycles. The van der Waals surface area contributed by atoms with Crippen LogP contribution in [0.2, 0.25) is 0 Å². The van der Waals surface area contributed by atoms with Crippen molar-refractivity contribution in [1.82, 2.24) is 14.7 Å². The van der Waals surface area contributed by atoms with Crippen molar-refractivity contribution in [2.24, 2.45) is 5.92 Å². The average Bonchev–Trinajstić information content (AvgIpc) is 3.01. The number of piperidine rings is 1. The number of carbonyl (C=O) groups is 1. The summed E-state index contributed by atoms with van der Waals surface area (Å²) in [6.07, 6.45) is 5.17. The number of fused-ring (bicyclic) bond motifs is 2. The van der Waals surface area contributed by atoms with Crippen LogP contribution in [0.25, 0.3) is 0 Å². The molecule has 2 unspecified atom stereocenters. The highest BCUT2D eigenvalue weighted by molar-refractivity contribution is 5.97. The molecular formula is C12H18N4O. The SMILES string of the molecule is CCn1ncc(N)c1C(=O)N1CC2CCC1C2. The lowest BCUT2D eigenvalue weighted by Crippen LogP contribution is -2.39. The van der Waals surface area contributed by atoms with E-state index >= 15 is 0 Å². The molecular weight excluding hydrogens is 216 g/mol. The van der Waals surface area contributed by atoms with Gasteiger partial charge in [-0.2, -0.15) is 5.10 Å². The first-order chi connectivity index (χ1) is 8.20. The summed E-state index contributed by atoms with van der Waals surface area (Å²) in [4.78, 5) is 14.5. The summed E-state index contributed by atoms with van der Waals surface area (Å²) in [5, 5.41) is 4.13.